The number of hydrogen-bond acceptors (Lipinski definition) is 2. The number of nitrogens with zero attached hydrogens (tertiary/aromatic N) is 3. The van der Waals surface area contributed by atoms with Crippen LogP contribution < -0.4 is 0 Å². The van der Waals surface area contributed by atoms with Gasteiger partial charge in [-0.1, -0.05) is 62.4 Å². The molecule has 0 bridgehead atoms. The van der Waals surface area contributed by atoms with E-state index in [0.717, 1.165) is 27.9 Å². The largest absolute Gasteiger partial charge is 0.274 e. The summed E-state index contributed by atoms with van der Waals surface area (Å²) < 4.78 is 2.20. The molecule has 2 aromatic heterocycles. The maximum Gasteiger partial charge on any atom is 0.169 e. The summed E-state index contributed by atoms with van der Waals surface area (Å²) >= 11 is 0. The molecule has 3 aromatic carbocycles. The van der Waals surface area contributed by atoms with Crippen molar-refractivity contribution in [2.45, 2.75) is 34.6 Å². The molecule has 140 valence electrons. The number of aryl methyl sites for hydroxylation is 3. The summed E-state index contributed by atoms with van der Waals surface area (Å²) in [5.41, 5.74) is 6.98. The number of benzene rings is 3. The first-order valence-corrected chi connectivity index (χ1v) is 9.88. The highest BCUT2D eigenvalue weighted by molar-refractivity contribution is 6.12. The monoisotopic (exact) mass is 367 g/mol. The first kappa shape index (κ1) is 18.2. The Labute approximate surface area is 165 Å². The van der Waals surface area contributed by atoms with Gasteiger partial charge >= 0.3 is 0 Å². The second-order valence-electron chi connectivity index (χ2n) is 7.00. The van der Waals surface area contributed by atoms with Gasteiger partial charge in [0.1, 0.15) is 0 Å². The Morgan fingerprint density at radius 2 is 1.25 bits per heavy atom. The SMILES string of the molecule is CC.Cc1cc(C)c(-c2nnc3c4ccccc4c4ccccc4n23)cc1C. The van der Waals surface area contributed by atoms with Crippen molar-refractivity contribution in [2.24, 2.45) is 0 Å². The van der Waals surface area contributed by atoms with Crippen LogP contribution >= 0.6 is 0 Å². The van der Waals surface area contributed by atoms with Crippen LogP contribution in [0.25, 0.3) is 38.7 Å². The van der Waals surface area contributed by atoms with Crippen molar-refractivity contribution in [1.29, 1.82) is 0 Å². The highest BCUT2D eigenvalue weighted by Gasteiger charge is 2.17. The summed E-state index contributed by atoms with van der Waals surface area (Å²) in [6, 6.07) is 21.4. The lowest BCUT2D eigenvalue weighted by atomic mass is 10.00. The van der Waals surface area contributed by atoms with E-state index in [-0.39, 0.29) is 0 Å². The summed E-state index contributed by atoms with van der Waals surface area (Å²) in [5.74, 6) is 0.905. The molecule has 3 heteroatoms. The molecular formula is C25H25N3. The average molecular weight is 367 g/mol. The molecule has 0 spiro atoms. The van der Waals surface area contributed by atoms with Gasteiger partial charge < -0.3 is 0 Å². The molecule has 0 saturated heterocycles. The first-order chi connectivity index (χ1) is 13.6. The van der Waals surface area contributed by atoms with Crippen LogP contribution in [0, 0.1) is 20.8 Å². The lowest BCUT2D eigenvalue weighted by Gasteiger charge is -2.12. The molecule has 0 aliphatic heterocycles. The number of hydrogen-bond donors (Lipinski definition) is 0. The van der Waals surface area contributed by atoms with Gasteiger partial charge in [0, 0.05) is 16.3 Å². The molecule has 5 rings (SSSR count). The summed E-state index contributed by atoms with van der Waals surface area (Å²) in [6.45, 7) is 10.4. The molecule has 0 atom stereocenters. The van der Waals surface area contributed by atoms with Gasteiger partial charge in [-0.3, -0.25) is 4.40 Å². The zero-order chi connectivity index (χ0) is 19.8. The van der Waals surface area contributed by atoms with E-state index in [0.29, 0.717) is 0 Å². The molecule has 0 aliphatic carbocycles. The topological polar surface area (TPSA) is 30.2 Å². The number of rotatable bonds is 1. The highest BCUT2D eigenvalue weighted by Crippen LogP contribution is 2.33. The van der Waals surface area contributed by atoms with Crippen molar-refractivity contribution in [1.82, 2.24) is 14.6 Å². The zero-order valence-corrected chi connectivity index (χ0v) is 17.1. The van der Waals surface area contributed by atoms with Gasteiger partial charge in [-0.15, -0.1) is 10.2 Å². The molecule has 0 aliphatic rings. The van der Waals surface area contributed by atoms with Crippen LogP contribution in [0.5, 0.6) is 0 Å². The molecule has 28 heavy (non-hydrogen) atoms. The third kappa shape index (κ3) is 2.66. The van der Waals surface area contributed by atoms with Gasteiger partial charge in [0.2, 0.25) is 0 Å². The van der Waals surface area contributed by atoms with Crippen LogP contribution in [0.2, 0.25) is 0 Å². The summed E-state index contributed by atoms with van der Waals surface area (Å²) in [6.07, 6.45) is 0. The molecule has 3 nitrogen and oxygen atoms in total. The maximum absolute atomic E-state index is 4.61. The van der Waals surface area contributed by atoms with Gasteiger partial charge in [-0.2, -0.15) is 0 Å². The minimum Gasteiger partial charge on any atom is -0.274 e. The van der Waals surface area contributed by atoms with E-state index in [1.54, 1.807) is 0 Å². The van der Waals surface area contributed by atoms with Crippen molar-refractivity contribution in [3.05, 3.63) is 77.4 Å². The fourth-order valence-electron chi connectivity index (χ4n) is 3.87. The van der Waals surface area contributed by atoms with Gasteiger partial charge in [-0.05, 0) is 55.0 Å². The Hall–Kier alpha value is -3.20. The number of pyridine rings is 1. The van der Waals surface area contributed by atoms with E-state index in [1.807, 2.05) is 13.8 Å². The van der Waals surface area contributed by atoms with Gasteiger partial charge in [-0.25, -0.2) is 0 Å². The Bertz CT molecular complexity index is 1310. The normalized spacial score (nSPS) is 11.0. The van der Waals surface area contributed by atoms with Crippen molar-refractivity contribution >= 4 is 27.3 Å². The predicted molar refractivity (Wildman–Crippen MR) is 119 cm³/mol. The van der Waals surface area contributed by atoms with E-state index in [4.69, 9.17) is 0 Å². The van der Waals surface area contributed by atoms with E-state index >= 15 is 0 Å². The molecule has 0 amide bonds. The molecule has 0 saturated carbocycles. The Kier molecular flexibility index (Phi) is 4.60. The molecule has 0 N–H and O–H groups in total. The molecule has 0 fully saturated rings. The van der Waals surface area contributed by atoms with Crippen LogP contribution in [0.1, 0.15) is 30.5 Å². The first-order valence-electron chi connectivity index (χ1n) is 9.88. The lowest BCUT2D eigenvalue weighted by molar-refractivity contribution is 1.11. The lowest BCUT2D eigenvalue weighted by Crippen LogP contribution is -1.96. The second kappa shape index (κ2) is 7.08. The van der Waals surface area contributed by atoms with E-state index in [9.17, 15) is 0 Å². The molecule has 0 radical (unpaired) electrons. The molecular weight excluding hydrogens is 342 g/mol. The third-order valence-electron chi connectivity index (χ3n) is 5.35. The second-order valence-corrected chi connectivity index (χ2v) is 7.00. The van der Waals surface area contributed by atoms with Crippen molar-refractivity contribution in [3.8, 4) is 11.4 Å². The van der Waals surface area contributed by atoms with Crippen LogP contribution in [0.4, 0.5) is 0 Å². The Balaban J connectivity index is 0.000000932. The van der Waals surface area contributed by atoms with E-state index < -0.39 is 0 Å². The average Bonchev–Trinajstić information content (AvgIpc) is 3.18. The molecule has 2 heterocycles. The zero-order valence-electron chi connectivity index (χ0n) is 17.1. The Morgan fingerprint density at radius 3 is 2.00 bits per heavy atom. The van der Waals surface area contributed by atoms with Gasteiger partial charge in [0.15, 0.2) is 11.5 Å². The number of aromatic nitrogens is 3. The van der Waals surface area contributed by atoms with Crippen molar-refractivity contribution in [2.75, 3.05) is 0 Å². The fraction of sp³-hybridized carbons (Fsp3) is 0.200. The van der Waals surface area contributed by atoms with Crippen LogP contribution in [-0.4, -0.2) is 14.6 Å². The molecule has 0 unspecified atom stereocenters. The quantitative estimate of drug-likeness (QED) is 0.310. The minimum absolute atomic E-state index is 0.905. The predicted octanol–water partition coefficient (Wildman–Crippen LogP) is 6.65. The van der Waals surface area contributed by atoms with Crippen molar-refractivity contribution in [3.63, 3.8) is 0 Å². The van der Waals surface area contributed by atoms with Crippen molar-refractivity contribution < 1.29 is 0 Å². The van der Waals surface area contributed by atoms with Crippen LogP contribution in [-0.2, 0) is 0 Å². The summed E-state index contributed by atoms with van der Waals surface area (Å²) in [5, 5.41) is 12.8. The van der Waals surface area contributed by atoms with Gasteiger partial charge in [0.25, 0.3) is 0 Å². The number of fused-ring (bicyclic) bond motifs is 6. The third-order valence-corrected chi connectivity index (χ3v) is 5.35. The highest BCUT2D eigenvalue weighted by atomic mass is 15.2. The standard InChI is InChI=1S/C23H19N3.C2H6/c1-14-12-16(3)20(13-15(14)2)23-25-24-22-19-10-5-4-8-17(19)18-9-6-7-11-21(18)26(22)23;1-2/h4-13H,1-3H3;1-2H3. The molecule has 5 aromatic rings. The Morgan fingerprint density at radius 1 is 0.643 bits per heavy atom. The summed E-state index contributed by atoms with van der Waals surface area (Å²) in [7, 11) is 0. The van der Waals surface area contributed by atoms with E-state index in [1.165, 1.54) is 27.5 Å². The summed E-state index contributed by atoms with van der Waals surface area (Å²) in [4.78, 5) is 0. The van der Waals surface area contributed by atoms with E-state index in [2.05, 4.69) is 96.0 Å². The maximum atomic E-state index is 4.61. The number of para-hydroxylation sites is 1. The van der Waals surface area contributed by atoms with Gasteiger partial charge in [0.05, 0.1) is 5.52 Å². The van der Waals surface area contributed by atoms with Crippen LogP contribution in [0.15, 0.2) is 60.7 Å². The minimum atomic E-state index is 0.905. The smallest absolute Gasteiger partial charge is 0.169 e. The van der Waals surface area contributed by atoms with Crippen LogP contribution in [0.3, 0.4) is 0 Å². The fourth-order valence-corrected chi connectivity index (χ4v) is 3.87.